The summed E-state index contributed by atoms with van der Waals surface area (Å²) in [6.45, 7) is 6.69. The van der Waals surface area contributed by atoms with Crippen LogP contribution < -0.4 is 10.1 Å². The van der Waals surface area contributed by atoms with E-state index in [0.29, 0.717) is 12.2 Å². The average Bonchev–Trinajstić information content (AvgIpc) is 3.32. The summed E-state index contributed by atoms with van der Waals surface area (Å²) >= 11 is 3.51. The Labute approximate surface area is 168 Å². The zero-order valence-electron chi connectivity index (χ0n) is 16.1. The molecular formula is C20H27BrN4O2. The van der Waals surface area contributed by atoms with Gasteiger partial charge in [-0.2, -0.15) is 5.10 Å². The number of carbonyl (C=O) groups is 1. The van der Waals surface area contributed by atoms with E-state index in [4.69, 9.17) is 4.74 Å². The zero-order chi connectivity index (χ0) is 19.4. The molecule has 0 saturated carbocycles. The van der Waals surface area contributed by atoms with Crippen molar-refractivity contribution in [3.8, 4) is 5.75 Å². The van der Waals surface area contributed by atoms with Crippen molar-refractivity contribution in [3.05, 3.63) is 45.7 Å². The maximum atomic E-state index is 12.7. The molecule has 1 saturated heterocycles. The molecule has 1 aliphatic heterocycles. The van der Waals surface area contributed by atoms with Gasteiger partial charge >= 0.3 is 0 Å². The fraction of sp³-hybridized carbons (Fsp3) is 0.500. The molecule has 1 amide bonds. The highest BCUT2D eigenvalue weighted by atomic mass is 79.9. The van der Waals surface area contributed by atoms with Gasteiger partial charge in [-0.3, -0.25) is 14.8 Å². The molecule has 0 aliphatic carbocycles. The highest BCUT2D eigenvalue weighted by molar-refractivity contribution is 9.10. The lowest BCUT2D eigenvalue weighted by molar-refractivity contribution is 0.0931. The Morgan fingerprint density at radius 1 is 1.33 bits per heavy atom. The third kappa shape index (κ3) is 4.35. The first-order chi connectivity index (χ1) is 13.0. The van der Waals surface area contributed by atoms with Gasteiger partial charge in [0.25, 0.3) is 5.91 Å². The van der Waals surface area contributed by atoms with Crippen LogP contribution >= 0.6 is 15.9 Å². The van der Waals surface area contributed by atoms with Gasteiger partial charge in [-0.15, -0.1) is 0 Å². The van der Waals surface area contributed by atoms with Crippen LogP contribution in [0.1, 0.15) is 60.4 Å². The number of methoxy groups -OCH3 is 1. The molecule has 1 aromatic carbocycles. The van der Waals surface area contributed by atoms with Gasteiger partial charge < -0.3 is 10.1 Å². The molecule has 1 fully saturated rings. The minimum atomic E-state index is -0.177. The Bertz CT molecular complexity index is 784. The van der Waals surface area contributed by atoms with Gasteiger partial charge in [-0.05, 0) is 53.8 Å². The number of likely N-dealkylation sites (tertiary alicyclic amines) is 1. The highest BCUT2D eigenvalue weighted by Crippen LogP contribution is 2.31. The van der Waals surface area contributed by atoms with E-state index in [0.717, 1.165) is 34.6 Å². The molecule has 1 atom stereocenters. The predicted molar refractivity (Wildman–Crippen MR) is 109 cm³/mol. The summed E-state index contributed by atoms with van der Waals surface area (Å²) in [4.78, 5) is 15.1. The van der Waals surface area contributed by atoms with Gasteiger partial charge in [-0.25, -0.2) is 0 Å². The van der Waals surface area contributed by atoms with Crippen molar-refractivity contribution in [3.63, 3.8) is 0 Å². The van der Waals surface area contributed by atoms with E-state index in [2.05, 4.69) is 56.3 Å². The molecule has 1 unspecified atom stereocenters. The number of hydrogen-bond acceptors (Lipinski definition) is 4. The summed E-state index contributed by atoms with van der Waals surface area (Å²) < 4.78 is 6.30. The third-order valence-corrected chi connectivity index (χ3v) is 5.86. The minimum absolute atomic E-state index is 0.0786. The summed E-state index contributed by atoms with van der Waals surface area (Å²) in [5.74, 6) is 0.940. The molecule has 27 heavy (non-hydrogen) atoms. The largest absolute Gasteiger partial charge is 0.496 e. The van der Waals surface area contributed by atoms with Crippen LogP contribution in [0.2, 0.25) is 0 Å². The van der Waals surface area contributed by atoms with Crippen LogP contribution in [0.15, 0.2) is 28.7 Å². The number of aromatic nitrogens is 2. The number of carbonyl (C=O) groups excluding carboxylic acids is 1. The van der Waals surface area contributed by atoms with Crippen LogP contribution in [-0.2, 0) is 0 Å². The van der Waals surface area contributed by atoms with Crippen molar-refractivity contribution in [2.45, 2.75) is 38.6 Å². The molecule has 3 rings (SSSR count). The lowest BCUT2D eigenvalue weighted by atomic mass is 10.0. The highest BCUT2D eigenvalue weighted by Gasteiger charge is 2.27. The van der Waals surface area contributed by atoms with Crippen molar-refractivity contribution in [1.82, 2.24) is 20.4 Å². The second-order valence-electron chi connectivity index (χ2n) is 7.17. The lowest BCUT2D eigenvalue weighted by Crippen LogP contribution is -2.37. The van der Waals surface area contributed by atoms with Crippen LogP contribution in [0.25, 0.3) is 0 Å². The maximum Gasteiger partial charge on any atom is 0.273 e. The molecule has 0 spiro atoms. The normalized spacial score (nSPS) is 15.9. The number of hydrogen-bond donors (Lipinski definition) is 2. The van der Waals surface area contributed by atoms with Crippen molar-refractivity contribution >= 4 is 21.8 Å². The Morgan fingerprint density at radius 3 is 2.67 bits per heavy atom. The number of amides is 1. The Hall–Kier alpha value is -1.86. The lowest BCUT2D eigenvalue weighted by Gasteiger charge is -2.29. The molecule has 0 bridgehead atoms. The molecule has 1 aromatic heterocycles. The van der Waals surface area contributed by atoms with Gasteiger partial charge in [-0.1, -0.05) is 32.0 Å². The van der Waals surface area contributed by atoms with Gasteiger partial charge in [0.15, 0.2) is 5.69 Å². The van der Waals surface area contributed by atoms with Gasteiger partial charge in [0.05, 0.1) is 23.3 Å². The number of H-pyrrole nitrogens is 1. The van der Waals surface area contributed by atoms with E-state index < -0.39 is 0 Å². The second kappa shape index (κ2) is 8.89. The molecule has 7 heteroatoms. The number of aromatic amines is 1. The first-order valence-corrected chi connectivity index (χ1v) is 10.2. The molecular weight excluding hydrogens is 408 g/mol. The average molecular weight is 435 g/mol. The second-order valence-corrected chi connectivity index (χ2v) is 7.96. The van der Waals surface area contributed by atoms with Crippen LogP contribution in [0.4, 0.5) is 0 Å². The van der Waals surface area contributed by atoms with E-state index in [9.17, 15) is 4.79 Å². The molecule has 2 N–H and O–H groups in total. The Kier molecular flexibility index (Phi) is 6.55. The Balaban J connectivity index is 1.78. The first-order valence-electron chi connectivity index (χ1n) is 9.41. The van der Waals surface area contributed by atoms with Crippen molar-refractivity contribution in [2.75, 3.05) is 26.7 Å². The zero-order valence-corrected chi connectivity index (χ0v) is 17.7. The van der Waals surface area contributed by atoms with Crippen molar-refractivity contribution in [1.29, 1.82) is 0 Å². The van der Waals surface area contributed by atoms with E-state index in [-0.39, 0.29) is 17.9 Å². The maximum absolute atomic E-state index is 12.7. The smallest absolute Gasteiger partial charge is 0.273 e. The quantitative estimate of drug-likeness (QED) is 0.693. The number of halogens is 1. The molecule has 0 radical (unpaired) electrons. The van der Waals surface area contributed by atoms with Crippen LogP contribution in [0, 0.1) is 0 Å². The summed E-state index contributed by atoms with van der Waals surface area (Å²) in [5.41, 5.74) is 2.44. The summed E-state index contributed by atoms with van der Waals surface area (Å²) in [6, 6.07) is 8.11. The van der Waals surface area contributed by atoms with Crippen molar-refractivity contribution < 1.29 is 9.53 Å². The number of nitrogens with one attached hydrogen (secondary N) is 2. The summed E-state index contributed by atoms with van der Waals surface area (Å²) in [6.07, 6.45) is 2.37. The van der Waals surface area contributed by atoms with Crippen LogP contribution in [0.3, 0.4) is 0 Å². The SMILES string of the molecule is COc1ccccc1C(CNC(=O)c1n[nH]c(C(C)C)c1Br)N1CCCC1. The third-order valence-electron chi connectivity index (χ3n) is 5.06. The van der Waals surface area contributed by atoms with Gasteiger partial charge in [0.2, 0.25) is 0 Å². The molecule has 2 aromatic rings. The Morgan fingerprint density at radius 2 is 2.04 bits per heavy atom. The summed E-state index contributed by atoms with van der Waals surface area (Å²) in [7, 11) is 1.69. The van der Waals surface area contributed by atoms with E-state index in [1.54, 1.807) is 7.11 Å². The van der Waals surface area contributed by atoms with Crippen LogP contribution in [0.5, 0.6) is 5.75 Å². The monoisotopic (exact) mass is 434 g/mol. The molecule has 2 heterocycles. The number of rotatable bonds is 7. The number of para-hydroxylation sites is 1. The van der Waals surface area contributed by atoms with Gasteiger partial charge in [0.1, 0.15) is 5.75 Å². The fourth-order valence-corrected chi connectivity index (χ4v) is 4.39. The topological polar surface area (TPSA) is 70.2 Å². The van der Waals surface area contributed by atoms with E-state index in [1.165, 1.54) is 12.8 Å². The predicted octanol–water partition coefficient (Wildman–Crippen LogP) is 3.87. The standard InChI is InChI=1S/C20H27BrN4O2/c1-13(2)18-17(21)19(24-23-18)20(26)22-12-15(25-10-6-7-11-25)14-8-4-5-9-16(14)27-3/h4-5,8-9,13,15H,6-7,10-12H2,1-3H3,(H,22,26)(H,23,24). The number of ether oxygens (including phenoxy) is 1. The van der Waals surface area contributed by atoms with Crippen molar-refractivity contribution in [2.24, 2.45) is 0 Å². The van der Waals surface area contributed by atoms with E-state index in [1.807, 2.05) is 18.2 Å². The molecule has 6 nitrogen and oxygen atoms in total. The van der Waals surface area contributed by atoms with Gasteiger partial charge in [0, 0.05) is 12.1 Å². The first kappa shape index (κ1) is 19.9. The van der Waals surface area contributed by atoms with Crippen LogP contribution in [-0.4, -0.2) is 47.7 Å². The number of nitrogens with zero attached hydrogens (tertiary/aromatic N) is 2. The fourth-order valence-electron chi connectivity index (χ4n) is 3.58. The summed E-state index contributed by atoms with van der Waals surface area (Å²) in [5, 5.41) is 10.2. The molecule has 1 aliphatic rings. The minimum Gasteiger partial charge on any atom is -0.496 e. The molecule has 146 valence electrons. The number of benzene rings is 1. The van der Waals surface area contributed by atoms with E-state index >= 15 is 0 Å².